The van der Waals surface area contributed by atoms with Gasteiger partial charge in [-0.1, -0.05) is 13.8 Å². The topological polar surface area (TPSA) is 94.1 Å². The minimum atomic E-state index is -1.04. The summed E-state index contributed by atoms with van der Waals surface area (Å²) in [6, 6.07) is 2.65. The SMILES string of the molecule is COc1cc(CCC(=O)NC(C(=O)O)C(C)C)cc(OC)c1OC. The number of nitrogens with one attached hydrogen (secondary N) is 1. The van der Waals surface area contributed by atoms with Gasteiger partial charge in [0.2, 0.25) is 11.7 Å². The number of carbonyl (C=O) groups excluding carboxylic acids is 1. The van der Waals surface area contributed by atoms with Crippen molar-refractivity contribution in [1.29, 1.82) is 0 Å². The number of carboxylic acids is 1. The van der Waals surface area contributed by atoms with Gasteiger partial charge in [-0.15, -0.1) is 0 Å². The van der Waals surface area contributed by atoms with Crippen molar-refractivity contribution < 1.29 is 28.9 Å². The van der Waals surface area contributed by atoms with E-state index in [1.165, 1.54) is 21.3 Å². The van der Waals surface area contributed by atoms with Crippen molar-refractivity contribution in [2.75, 3.05) is 21.3 Å². The Balaban J connectivity index is 2.80. The predicted molar refractivity (Wildman–Crippen MR) is 88.8 cm³/mol. The molecule has 0 fully saturated rings. The van der Waals surface area contributed by atoms with Crippen LogP contribution in [0.25, 0.3) is 0 Å². The van der Waals surface area contributed by atoms with Crippen molar-refractivity contribution in [3.8, 4) is 17.2 Å². The van der Waals surface area contributed by atoms with Crippen LogP contribution < -0.4 is 19.5 Å². The molecule has 0 saturated heterocycles. The van der Waals surface area contributed by atoms with E-state index in [-0.39, 0.29) is 18.2 Å². The molecule has 7 heteroatoms. The number of hydrogen-bond donors (Lipinski definition) is 2. The fourth-order valence-corrected chi connectivity index (χ4v) is 2.30. The molecule has 1 amide bonds. The minimum Gasteiger partial charge on any atom is -0.493 e. The summed E-state index contributed by atoms with van der Waals surface area (Å²) in [5.74, 6) is -0.0294. The Morgan fingerprint density at radius 1 is 1.08 bits per heavy atom. The number of aliphatic carboxylic acids is 1. The molecule has 1 unspecified atom stereocenters. The first kappa shape index (κ1) is 19.6. The molecule has 0 spiro atoms. The van der Waals surface area contributed by atoms with Gasteiger partial charge in [0.05, 0.1) is 21.3 Å². The second-order valence-corrected chi connectivity index (χ2v) is 5.66. The number of hydrogen-bond acceptors (Lipinski definition) is 5. The molecule has 0 aromatic heterocycles. The van der Waals surface area contributed by atoms with Crippen molar-refractivity contribution >= 4 is 11.9 Å². The number of benzene rings is 1. The molecule has 24 heavy (non-hydrogen) atoms. The molecular weight excluding hydrogens is 314 g/mol. The first-order valence-corrected chi connectivity index (χ1v) is 7.65. The highest BCUT2D eigenvalue weighted by molar-refractivity contribution is 5.83. The fraction of sp³-hybridized carbons (Fsp3) is 0.529. The summed E-state index contributed by atoms with van der Waals surface area (Å²) in [5.41, 5.74) is 0.830. The largest absolute Gasteiger partial charge is 0.493 e. The molecule has 0 bridgehead atoms. The molecule has 1 rings (SSSR count). The van der Waals surface area contributed by atoms with E-state index < -0.39 is 12.0 Å². The zero-order chi connectivity index (χ0) is 18.3. The average molecular weight is 339 g/mol. The average Bonchev–Trinajstić information content (AvgIpc) is 2.55. The van der Waals surface area contributed by atoms with Crippen LogP contribution in [0.4, 0.5) is 0 Å². The summed E-state index contributed by atoms with van der Waals surface area (Å²) in [6.07, 6.45) is 0.585. The Morgan fingerprint density at radius 2 is 1.62 bits per heavy atom. The third-order valence-electron chi connectivity index (χ3n) is 3.61. The summed E-state index contributed by atoms with van der Waals surface area (Å²) in [6.45, 7) is 3.50. The van der Waals surface area contributed by atoms with Crippen LogP contribution in [0.3, 0.4) is 0 Å². The number of rotatable bonds is 9. The number of carbonyl (C=O) groups is 2. The number of carboxylic acid groups (broad SMARTS) is 1. The van der Waals surface area contributed by atoms with Gasteiger partial charge >= 0.3 is 5.97 Å². The van der Waals surface area contributed by atoms with Crippen LogP contribution in [0.2, 0.25) is 0 Å². The molecule has 7 nitrogen and oxygen atoms in total. The number of amides is 1. The maximum absolute atomic E-state index is 12.0. The molecule has 1 aromatic carbocycles. The van der Waals surface area contributed by atoms with Crippen LogP contribution in [0.5, 0.6) is 17.2 Å². The lowest BCUT2D eigenvalue weighted by Gasteiger charge is -2.18. The van der Waals surface area contributed by atoms with Gasteiger partial charge in [-0.05, 0) is 30.0 Å². The Hall–Kier alpha value is -2.44. The van der Waals surface area contributed by atoms with Crippen molar-refractivity contribution in [2.45, 2.75) is 32.7 Å². The summed E-state index contributed by atoms with van der Waals surface area (Å²) in [5, 5.41) is 11.7. The Morgan fingerprint density at radius 3 is 2.00 bits per heavy atom. The van der Waals surface area contributed by atoms with Gasteiger partial charge in [-0.25, -0.2) is 4.79 Å². The molecule has 0 heterocycles. The highest BCUT2D eigenvalue weighted by Gasteiger charge is 2.23. The third-order valence-corrected chi connectivity index (χ3v) is 3.61. The van der Waals surface area contributed by atoms with E-state index in [0.717, 1.165) is 5.56 Å². The molecule has 0 aliphatic heterocycles. The van der Waals surface area contributed by atoms with E-state index in [0.29, 0.717) is 23.7 Å². The number of methoxy groups -OCH3 is 3. The summed E-state index contributed by atoms with van der Waals surface area (Å²) in [7, 11) is 4.56. The molecule has 0 aliphatic carbocycles. The van der Waals surface area contributed by atoms with Gasteiger partial charge in [0.1, 0.15) is 6.04 Å². The maximum Gasteiger partial charge on any atom is 0.326 e. The van der Waals surface area contributed by atoms with Gasteiger partial charge in [0, 0.05) is 6.42 Å². The van der Waals surface area contributed by atoms with E-state index in [1.807, 2.05) is 0 Å². The second kappa shape index (κ2) is 9.00. The number of ether oxygens (including phenoxy) is 3. The predicted octanol–water partition coefficient (Wildman–Crippen LogP) is 1.87. The Kier molecular flexibility index (Phi) is 7.35. The highest BCUT2D eigenvalue weighted by atomic mass is 16.5. The van der Waals surface area contributed by atoms with Crippen LogP contribution in [-0.4, -0.2) is 44.4 Å². The quantitative estimate of drug-likeness (QED) is 0.713. The maximum atomic E-state index is 12.0. The molecule has 1 atom stereocenters. The van der Waals surface area contributed by atoms with Crippen LogP contribution in [0.15, 0.2) is 12.1 Å². The molecule has 134 valence electrons. The van der Waals surface area contributed by atoms with E-state index in [4.69, 9.17) is 19.3 Å². The Bertz CT molecular complexity index is 559. The van der Waals surface area contributed by atoms with E-state index in [9.17, 15) is 9.59 Å². The molecule has 0 saturated carbocycles. The molecule has 0 radical (unpaired) electrons. The zero-order valence-corrected chi connectivity index (χ0v) is 14.7. The monoisotopic (exact) mass is 339 g/mol. The second-order valence-electron chi connectivity index (χ2n) is 5.66. The van der Waals surface area contributed by atoms with Crippen molar-refractivity contribution in [3.05, 3.63) is 17.7 Å². The minimum absolute atomic E-state index is 0.162. The molecule has 2 N–H and O–H groups in total. The smallest absolute Gasteiger partial charge is 0.326 e. The first-order chi connectivity index (χ1) is 11.3. The van der Waals surface area contributed by atoms with Crippen molar-refractivity contribution in [3.63, 3.8) is 0 Å². The Labute approximate surface area is 141 Å². The van der Waals surface area contributed by atoms with Crippen molar-refractivity contribution in [1.82, 2.24) is 5.32 Å². The van der Waals surface area contributed by atoms with E-state index in [2.05, 4.69) is 5.32 Å². The third kappa shape index (κ3) is 5.04. The van der Waals surface area contributed by atoms with Crippen LogP contribution in [0.1, 0.15) is 25.8 Å². The molecular formula is C17H25NO6. The number of aryl methyl sites for hydroxylation is 1. The van der Waals surface area contributed by atoms with Gasteiger partial charge in [-0.2, -0.15) is 0 Å². The first-order valence-electron chi connectivity index (χ1n) is 7.65. The van der Waals surface area contributed by atoms with E-state index >= 15 is 0 Å². The highest BCUT2D eigenvalue weighted by Crippen LogP contribution is 2.38. The lowest BCUT2D eigenvalue weighted by Crippen LogP contribution is -2.44. The summed E-state index contributed by atoms with van der Waals surface area (Å²) < 4.78 is 15.8. The van der Waals surface area contributed by atoms with Crippen LogP contribution in [0, 0.1) is 5.92 Å². The zero-order valence-electron chi connectivity index (χ0n) is 14.7. The van der Waals surface area contributed by atoms with Gasteiger partial charge < -0.3 is 24.6 Å². The standard InChI is InChI=1S/C17H25NO6/c1-10(2)15(17(20)21)18-14(19)7-6-11-8-12(22-3)16(24-5)13(9-11)23-4/h8-10,15H,6-7H2,1-5H3,(H,18,19)(H,20,21). The van der Waals surface area contributed by atoms with E-state index in [1.54, 1.807) is 26.0 Å². The van der Waals surface area contributed by atoms with Gasteiger partial charge in [-0.3, -0.25) is 4.79 Å². The molecule has 0 aliphatic rings. The lowest BCUT2D eigenvalue weighted by molar-refractivity contribution is -0.143. The van der Waals surface area contributed by atoms with Crippen LogP contribution in [-0.2, 0) is 16.0 Å². The van der Waals surface area contributed by atoms with Gasteiger partial charge in [0.15, 0.2) is 11.5 Å². The molecule has 1 aromatic rings. The lowest BCUT2D eigenvalue weighted by atomic mass is 10.0. The van der Waals surface area contributed by atoms with Crippen LogP contribution >= 0.6 is 0 Å². The van der Waals surface area contributed by atoms with Gasteiger partial charge in [0.25, 0.3) is 0 Å². The normalized spacial score (nSPS) is 11.8. The van der Waals surface area contributed by atoms with Crippen molar-refractivity contribution in [2.24, 2.45) is 5.92 Å². The summed E-state index contributed by atoms with van der Waals surface area (Å²) in [4.78, 5) is 23.1. The summed E-state index contributed by atoms with van der Waals surface area (Å²) >= 11 is 0. The fourth-order valence-electron chi connectivity index (χ4n) is 2.30.